The van der Waals surface area contributed by atoms with Gasteiger partial charge >= 0.3 is 0 Å². The third-order valence-corrected chi connectivity index (χ3v) is 2.09. The van der Waals surface area contributed by atoms with Crippen molar-refractivity contribution in [1.82, 2.24) is 10.2 Å². The molecular weight excluding hydrogens is 178 g/mol. The van der Waals surface area contributed by atoms with Crippen molar-refractivity contribution in [2.45, 2.75) is 13.0 Å². The van der Waals surface area contributed by atoms with Crippen LogP contribution in [0, 0.1) is 0 Å². The summed E-state index contributed by atoms with van der Waals surface area (Å²) in [6.45, 7) is 1.42. The molecule has 1 aromatic rings. The molecule has 5 nitrogen and oxygen atoms in total. The van der Waals surface area contributed by atoms with E-state index in [9.17, 15) is 4.79 Å². The van der Waals surface area contributed by atoms with Crippen molar-refractivity contribution in [2.24, 2.45) is 0 Å². The molecule has 0 spiro atoms. The summed E-state index contributed by atoms with van der Waals surface area (Å²) in [6.07, 6.45) is -1.00. The fourth-order valence-electron chi connectivity index (χ4n) is 0.688. The van der Waals surface area contributed by atoms with Crippen LogP contribution < -0.4 is 4.90 Å². The molecule has 0 saturated heterocycles. The molecule has 1 amide bonds. The molecule has 0 aromatic carbocycles. The Morgan fingerprint density at radius 3 is 2.92 bits per heavy atom. The molecule has 1 atom stereocenters. The van der Waals surface area contributed by atoms with E-state index >= 15 is 0 Å². The van der Waals surface area contributed by atoms with Gasteiger partial charge in [0.2, 0.25) is 5.13 Å². The zero-order valence-corrected chi connectivity index (χ0v) is 7.58. The maximum absolute atomic E-state index is 11.2. The van der Waals surface area contributed by atoms with Gasteiger partial charge in [-0.15, -0.1) is 10.2 Å². The fraction of sp³-hybridized carbons (Fsp3) is 0.500. The van der Waals surface area contributed by atoms with E-state index in [1.165, 1.54) is 28.7 Å². The number of aliphatic hydroxyl groups excluding tert-OH is 1. The van der Waals surface area contributed by atoms with E-state index in [0.29, 0.717) is 5.13 Å². The van der Waals surface area contributed by atoms with Crippen LogP contribution in [0.5, 0.6) is 0 Å². The molecule has 0 aliphatic heterocycles. The zero-order chi connectivity index (χ0) is 9.14. The van der Waals surface area contributed by atoms with Crippen LogP contribution >= 0.6 is 11.3 Å². The third kappa shape index (κ3) is 1.77. The van der Waals surface area contributed by atoms with Crippen LogP contribution in [0.25, 0.3) is 0 Å². The minimum absolute atomic E-state index is 0.383. The second-order valence-corrected chi connectivity index (χ2v) is 3.11. The number of rotatable bonds is 2. The monoisotopic (exact) mass is 187 g/mol. The number of hydrogen-bond acceptors (Lipinski definition) is 5. The summed E-state index contributed by atoms with van der Waals surface area (Å²) in [5, 5.41) is 16.7. The Morgan fingerprint density at radius 2 is 2.50 bits per heavy atom. The predicted octanol–water partition coefficient (Wildman–Crippen LogP) is -0.118. The number of hydrogen-bond donors (Lipinski definition) is 1. The molecule has 66 valence electrons. The minimum Gasteiger partial charge on any atom is -0.384 e. The Hall–Kier alpha value is -1.01. The molecule has 1 rings (SSSR count). The molecule has 12 heavy (non-hydrogen) atoms. The average Bonchev–Trinajstić information content (AvgIpc) is 2.53. The predicted molar refractivity (Wildman–Crippen MR) is 45.0 cm³/mol. The number of likely N-dealkylation sites (N-methyl/N-ethyl adjacent to an activating group) is 1. The van der Waals surface area contributed by atoms with Crippen molar-refractivity contribution in [3.8, 4) is 0 Å². The zero-order valence-electron chi connectivity index (χ0n) is 6.76. The van der Waals surface area contributed by atoms with Gasteiger partial charge in [0, 0.05) is 7.05 Å². The van der Waals surface area contributed by atoms with Gasteiger partial charge in [0.1, 0.15) is 11.6 Å². The number of carbonyl (C=O) groups excluding carboxylic acids is 1. The Morgan fingerprint density at radius 1 is 1.83 bits per heavy atom. The molecule has 0 radical (unpaired) electrons. The van der Waals surface area contributed by atoms with Crippen LogP contribution in [-0.2, 0) is 4.79 Å². The first-order valence-electron chi connectivity index (χ1n) is 3.34. The van der Waals surface area contributed by atoms with Crippen molar-refractivity contribution in [3.05, 3.63) is 5.51 Å². The van der Waals surface area contributed by atoms with Crippen LogP contribution in [0.1, 0.15) is 6.92 Å². The fourth-order valence-corrected chi connectivity index (χ4v) is 1.22. The van der Waals surface area contributed by atoms with Crippen LogP contribution in [0.15, 0.2) is 5.51 Å². The molecule has 0 saturated carbocycles. The standard InChI is InChI=1S/C6H9N3O2S/c1-4(10)5(11)9(2)6-8-7-3-12-6/h3-4,10H,1-2H3. The van der Waals surface area contributed by atoms with Crippen molar-refractivity contribution in [1.29, 1.82) is 0 Å². The summed E-state index contributed by atoms with van der Waals surface area (Å²) in [4.78, 5) is 12.4. The molecule has 6 heteroatoms. The molecular formula is C6H9N3O2S. The van der Waals surface area contributed by atoms with Crippen molar-refractivity contribution < 1.29 is 9.90 Å². The first kappa shape index (κ1) is 9.08. The summed E-state index contributed by atoms with van der Waals surface area (Å²) in [5.41, 5.74) is 1.53. The molecule has 0 aliphatic rings. The normalized spacial score (nSPS) is 12.6. The van der Waals surface area contributed by atoms with E-state index in [1.807, 2.05) is 0 Å². The Labute approximate surface area is 73.7 Å². The van der Waals surface area contributed by atoms with Gasteiger partial charge in [-0.1, -0.05) is 11.3 Å². The van der Waals surface area contributed by atoms with Crippen LogP contribution in [-0.4, -0.2) is 34.4 Å². The number of amides is 1. The van der Waals surface area contributed by atoms with E-state index in [1.54, 1.807) is 7.05 Å². The number of anilines is 1. The van der Waals surface area contributed by atoms with Crippen molar-refractivity contribution in [3.63, 3.8) is 0 Å². The topological polar surface area (TPSA) is 66.3 Å². The van der Waals surface area contributed by atoms with Crippen LogP contribution in [0.2, 0.25) is 0 Å². The largest absolute Gasteiger partial charge is 0.384 e. The van der Waals surface area contributed by atoms with Gasteiger partial charge in [0.05, 0.1) is 0 Å². The van der Waals surface area contributed by atoms with Crippen molar-refractivity contribution >= 4 is 22.4 Å². The van der Waals surface area contributed by atoms with E-state index in [4.69, 9.17) is 5.11 Å². The highest BCUT2D eigenvalue weighted by Crippen LogP contribution is 2.14. The summed E-state index contributed by atoms with van der Waals surface area (Å²) < 4.78 is 0. The van der Waals surface area contributed by atoms with E-state index in [2.05, 4.69) is 10.2 Å². The Kier molecular flexibility index (Phi) is 2.72. The maximum atomic E-state index is 11.2. The highest BCUT2D eigenvalue weighted by Gasteiger charge is 2.17. The number of aliphatic hydroxyl groups is 1. The number of nitrogens with zero attached hydrogens (tertiary/aromatic N) is 3. The van der Waals surface area contributed by atoms with Gasteiger partial charge in [0.25, 0.3) is 5.91 Å². The second kappa shape index (κ2) is 3.59. The molecule has 1 aromatic heterocycles. The Balaban J connectivity index is 2.72. The van der Waals surface area contributed by atoms with Crippen LogP contribution in [0.3, 0.4) is 0 Å². The van der Waals surface area contributed by atoms with E-state index < -0.39 is 6.10 Å². The lowest BCUT2D eigenvalue weighted by Crippen LogP contribution is -2.34. The molecule has 1 heterocycles. The lowest BCUT2D eigenvalue weighted by Gasteiger charge is -2.14. The lowest BCUT2D eigenvalue weighted by molar-refractivity contribution is -0.125. The first-order valence-corrected chi connectivity index (χ1v) is 4.22. The van der Waals surface area contributed by atoms with Crippen LogP contribution in [0.4, 0.5) is 5.13 Å². The molecule has 1 unspecified atom stereocenters. The number of aromatic nitrogens is 2. The molecule has 1 N–H and O–H groups in total. The summed E-state index contributed by atoms with van der Waals surface area (Å²) >= 11 is 1.25. The van der Waals surface area contributed by atoms with Gasteiger partial charge in [-0.05, 0) is 6.92 Å². The van der Waals surface area contributed by atoms with E-state index in [-0.39, 0.29) is 5.91 Å². The highest BCUT2D eigenvalue weighted by atomic mass is 32.1. The van der Waals surface area contributed by atoms with Gasteiger partial charge in [-0.3, -0.25) is 9.69 Å². The minimum atomic E-state index is -1.00. The smallest absolute Gasteiger partial charge is 0.257 e. The lowest BCUT2D eigenvalue weighted by atomic mass is 10.4. The molecule has 0 aliphatic carbocycles. The SMILES string of the molecule is CC(O)C(=O)N(C)c1nncs1. The van der Waals surface area contributed by atoms with Crippen molar-refractivity contribution in [2.75, 3.05) is 11.9 Å². The summed E-state index contributed by atoms with van der Waals surface area (Å²) in [5.74, 6) is -0.383. The highest BCUT2D eigenvalue weighted by molar-refractivity contribution is 7.13. The Bertz CT molecular complexity index is 260. The maximum Gasteiger partial charge on any atom is 0.257 e. The average molecular weight is 187 g/mol. The molecule has 0 fully saturated rings. The molecule has 0 bridgehead atoms. The van der Waals surface area contributed by atoms with Gasteiger partial charge in [-0.2, -0.15) is 0 Å². The number of carbonyl (C=O) groups is 1. The van der Waals surface area contributed by atoms with Gasteiger partial charge in [-0.25, -0.2) is 0 Å². The summed E-state index contributed by atoms with van der Waals surface area (Å²) in [6, 6.07) is 0. The third-order valence-electron chi connectivity index (χ3n) is 1.32. The van der Waals surface area contributed by atoms with Gasteiger partial charge in [0.15, 0.2) is 0 Å². The quantitative estimate of drug-likeness (QED) is 0.701. The van der Waals surface area contributed by atoms with Gasteiger partial charge < -0.3 is 5.11 Å². The summed E-state index contributed by atoms with van der Waals surface area (Å²) in [7, 11) is 1.55. The van der Waals surface area contributed by atoms with E-state index in [0.717, 1.165) is 0 Å². The first-order chi connectivity index (χ1) is 5.63. The second-order valence-electron chi connectivity index (χ2n) is 2.29.